The van der Waals surface area contributed by atoms with Crippen LogP contribution in [0.4, 0.5) is 0 Å². The molecule has 1 aliphatic rings. The van der Waals surface area contributed by atoms with Crippen LogP contribution in [-0.4, -0.2) is 15.9 Å². The normalized spacial score (nSPS) is 14.1. The van der Waals surface area contributed by atoms with Gasteiger partial charge in [-0.05, 0) is 65.8 Å². The third-order valence-electron chi connectivity index (χ3n) is 3.28. The molecule has 1 N–H and O–H groups in total. The maximum absolute atomic E-state index is 12.0. The number of carbonyl (C=O) groups is 1. The molecule has 0 radical (unpaired) electrons. The highest BCUT2D eigenvalue weighted by Crippen LogP contribution is 2.38. The van der Waals surface area contributed by atoms with Gasteiger partial charge in [0, 0.05) is 20.7 Å². The quantitative estimate of drug-likeness (QED) is 0.832. The Morgan fingerprint density at radius 2 is 2.00 bits per heavy atom. The van der Waals surface area contributed by atoms with Gasteiger partial charge >= 0.3 is 0 Å². The zero-order chi connectivity index (χ0) is 13.9. The summed E-state index contributed by atoms with van der Waals surface area (Å²) >= 11 is 2.22. The smallest absolute Gasteiger partial charge is 0.251 e. The topological polar surface area (TPSA) is 54.9 Å². The van der Waals surface area contributed by atoms with Crippen molar-refractivity contribution in [3.05, 3.63) is 57.2 Å². The van der Waals surface area contributed by atoms with E-state index in [0.29, 0.717) is 18.0 Å². The van der Waals surface area contributed by atoms with Crippen LogP contribution in [0.25, 0.3) is 0 Å². The van der Waals surface area contributed by atoms with Crippen molar-refractivity contribution in [2.75, 3.05) is 0 Å². The number of hydrogen-bond donors (Lipinski definition) is 1. The Bertz CT molecular complexity index is 623. The number of halogens is 1. The highest BCUT2D eigenvalue weighted by atomic mass is 127. The molecule has 1 fully saturated rings. The Morgan fingerprint density at radius 1 is 1.25 bits per heavy atom. The number of nitrogens with zero attached hydrogens (tertiary/aromatic N) is 2. The summed E-state index contributed by atoms with van der Waals surface area (Å²) in [4.78, 5) is 20.5. The molecule has 0 aliphatic heterocycles. The van der Waals surface area contributed by atoms with Crippen molar-refractivity contribution >= 4 is 28.5 Å². The largest absolute Gasteiger partial charge is 0.346 e. The highest BCUT2D eigenvalue weighted by molar-refractivity contribution is 14.1. The summed E-state index contributed by atoms with van der Waals surface area (Å²) in [5.74, 6) is 0.525. The minimum absolute atomic E-state index is 0.0759. The van der Waals surface area contributed by atoms with Crippen LogP contribution in [0.1, 0.15) is 40.5 Å². The summed E-state index contributed by atoms with van der Waals surface area (Å²) in [7, 11) is 0. The number of rotatable bonds is 4. The highest BCUT2D eigenvalue weighted by Gasteiger charge is 2.25. The van der Waals surface area contributed by atoms with Gasteiger partial charge in [0.25, 0.3) is 5.91 Å². The van der Waals surface area contributed by atoms with Crippen LogP contribution in [0, 0.1) is 3.57 Å². The second-order valence-corrected chi connectivity index (χ2v) is 6.14. The average molecular weight is 379 g/mol. The van der Waals surface area contributed by atoms with Crippen molar-refractivity contribution in [3.63, 3.8) is 0 Å². The lowest BCUT2D eigenvalue weighted by atomic mass is 10.2. The van der Waals surface area contributed by atoms with Crippen LogP contribution in [0.3, 0.4) is 0 Å². The van der Waals surface area contributed by atoms with Crippen molar-refractivity contribution in [1.82, 2.24) is 15.3 Å². The summed E-state index contributed by atoms with van der Waals surface area (Å²) in [5, 5.41) is 2.89. The van der Waals surface area contributed by atoms with E-state index in [1.165, 1.54) is 12.8 Å². The Morgan fingerprint density at radius 3 is 2.70 bits per heavy atom. The van der Waals surface area contributed by atoms with E-state index in [1.54, 1.807) is 6.33 Å². The van der Waals surface area contributed by atoms with E-state index in [9.17, 15) is 4.79 Å². The van der Waals surface area contributed by atoms with Gasteiger partial charge in [0.05, 0.1) is 12.2 Å². The average Bonchev–Trinajstić information content (AvgIpc) is 3.30. The zero-order valence-corrected chi connectivity index (χ0v) is 13.0. The number of hydrogen-bond acceptors (Lipinski definition) is 3. The molecule has 1 aromatic heterocycles. The molecule has 0 unspecified atom stereocenters. The van der Waals surface area contributed by atoms with Crippen LogP contribution in [-0.2, 0) is 6.54 Å². The van der Waals surface area contributed by atoms with Gasteiger partial charge in [0.2, 0.25) is 0 Å². The molecule has 1 aliphatic carbocycles. The molecule has 0 saturated heterocycles. The first kappa shape index (κ1) is 13.5. The molecule has 0 bridgehead atoms. The molecule has 0 atom stereocenters. The first-order valence-corrected chi connectivity index (χ1v) is 7.65. The fourth-order valence-corrected chi connectivity index (χ4v) is 2.35. The Balaban J connectivity index is 1.62. The van der Waals surface area contributed by atoms with Crippen LogP contribution in [0.5, 0.6) is 0 Å². The lowest BCUT2D eigenvalue weighted by Gasteiger charge is -2.06. The molecular formula is C15H14IN3O. The second-order valence-electron chi connectivity index (χ2n) is 4.90. The number of aromatic nitrogens is 2. The summed E-state index contributed by atoms with van der Waals surface area (Å²) in [6.45, 7) is 0.438. The fraction of sp³-hybridized carbons (Fsp3) is 0.267. The van der Waals surface area contributed by atoms with Gasteiger partial charge in [-0.1, -0.05) is 0 Å². The van der Waals surface area contributed by atoms with Crippen molar-refractivity contribution in [3.8, 4) is 0 Å². The molecular weight excluding hydrogens is 365 g/mol. The molecule has 102 valence electrons. The summed E-state index contributed by atoms with van der Waals surface area (Å²) in [6, 6.07) is 9.49. The maximum Gasteiger partial charge on any atom is 0.251 e. The summed E-state index contributed by atoms with van der Waals surface area (Å²) in [6.07, 6.45) is 4.01. The molecule has 2 aromatic rings. The van der Waals surface area contributed by atoms with E-state index in [2.05, 4.69) is 37.9 Å². The van der Waals surface area contributed by atoms with E-state index in [4.69, 9.17) is 0 Å². The van der Waals surface area contributed by atoms with Crippen LogP contribution >= 0.6 is 22.6 Å². The molecule has 4 nitrogen and oxygen atoms in total. The molecule has 20 heavy (non-hydrogen) atoms. The van der Waals surface area contributed by atoms with Crippen molar-refractivity contribution in [1.29, 1.82) is 0 Å². The van der Waals surface area contributed by atoms with Gasteiger partial charge in [-0.25, -0.2) is 9.97 Å². The van der Waals surface area contributed by atoms with E-state index < -0.39 is 0 Å². The van der Waals surface area contributed by atoms with Crippen molar-refractivity contribution in [2.45, 2.75) is 25.3 Å². The van der Waals surface area contributed by atoms with Gasteiger partial charge in [0.15, 0.2) is 0 Å². The number of carbonyl (C=O) groups excluding carboxylic acids is 1. The van der Waals surface area contributed by atoms with Gasteiger partial charge in [-0.2, -0.15) is 0 Å². The summed E-state index contributed by atoms with van der Waals surface area (Å²) < 4.78 is 1.11. The van der Waals surface area contributed by atoms with Gasteiger partial charge < -0.3 is 5.32 Å². The molecule has 1 saturated carbocycles. The Hall–Kier alpha value is -1.50. The molecule has 3 rings (SSSR count). The molecule has 1 amide bonds. The summed E-state index contributed by atoms with van der Waals surface area (Å²) in [5.41, 5.74) is 2.63. The van der Waals surface area contributed by atoms with E-state index in [1.807, 2.05) is 30.3 Å². The Labute approximate surface area is 131 Å². The zero-order valence-electron chi connectivity index (χ0n) is 10.8. The van der Waals surface area contributed by atoms with Crippen LogP contribution in [0.15, 0.2) is 36.7 Å². The standard InChI is InChI=1S/C15H14IN3O/c16-12-5-3-11(4-6-12)15(20)17-8-13-7-14(10-1-2-10)19-9-18-13/h3-7,9-10H,1-2,8H2,(H,17,20). The third-order valence-corrected chi connectivity index (χ3v) is 4.00. The predicted molar refractivity (Wildman–Crippen MR) is 84.3 cm³/mol. The van der Waals surface area contributed by atoms with Gasteiger partial charge in [0.1, 0.15) is 6.33 Å². The Kier molecular flexibility index (Phi) is 3.95. The maximum atomic E-state index is 12.0. The van der Waals surface area contributed by atoms with E-state index >= 15 is 0 Å². The minimum atomic E-state index is -0.0759. The lowest BCUT2D eigenvalue weighted by Crippen LogP contribution is -2.23. The molecule has 0 spiro atoms. The number of benzene rings is 1. The molecule has 5 heteroatoms. The van der Waals surface area contributed by atoms with Crippen LogP contribution in [0.2, 0.25) is 0 Å². The number of nitrogens with one attached hydrogen (secondary N) is 1. The first-order valence-electron chi connectivity index (χ1n) is 6.57. The SMILES string of the molecule is O=C(NCc1cc(C2CC2)ncn1)c1ccc(I)cc1. The minimum Gasteiger partial charge on any atom is -0.346 e. The first-order chi connectivity index (χ1) is 9.72. The van der Waals surface area contributed by atoms with Crippen molar-refractivity contribution < 1.29 is 4.79 Å². The van der Waals surface area contributed by atoms with Crippen LogP contribution < -0.4 is 5.32 Å². The third kappa shape index (κ3) is 3.33. The second kappa shape index (κ2) is 5.87. The number of amides is 1. The molecule has 1 aromatic carbocycles. The monoisotopic (exact) mass is 379 g/mol. The predicted octanol–water partition coefficient (Wildman–Crippen LogP) is 2.89. The van der Waals surface area contributed by atoms with Gasteiger partial charge in [-0.15, -0.1) is 0 Å². The fourth-order valence-electron chi connectivity index (χ4n) is 1.99. The lowest BCUT2D eigenvalue weighted by molar-refractivity contribution is 0.0950. The van der Waals surface area contributed by atoms with E-state index in [-0.39, 0.29) is 5.91 Å². The van der Waals surface area contributed by atoms with Crippen molar-refractivity contribution in [2.24, 2.45) is 0 Å². The van der Waals surface area contributed by atoms with Gasteiger partial charge in [-0.3, -0.25) is 4.79 Å². The van der Waals surface area contributed by atoms with E-state index in [0.717, 1.165) is 15.0 Å². The molecule has 1 heterocycles.